The van der Waals surface area contributed by atoms with Crippen LogP contribution in [0, 0.1) is 0 Å². The lowest BCUT2D eigenvalue weighted by atomic mass is 10.2. The van der Waals surface area contributed by atoms with E-state index in [0.29, 0.717) is 18.0 Å². The number of hydrogen-bond acceptors (Lipinski definition) is 3. The molecule has 1 unspecified atom stereocenters. The van der Waals surface area contributed by atoms with Crippen molar-refractivity contribution in [1.29, 1.82) is 0 Å². The third kappa shape index (κ3) is 4.27. The maximum Gasteiger partial charge on any atom is 0.218 e. The van der Waals surface area contributed by atoms with Gasteiger partial charge in [-0.15, -0.1) is 0 Å². The number of amides is 1. The van der Waals surface area contributed by atoms with Gasteiger partial charge < -0.3 is 11.1 Å². The minimum absolute atomic E-state index is 0.0479. The first kappa shape index (κ1) is 11.9. The van der Waals surface area contributed by atoms with Gasteiger partial charge in [0.2, 0.25) is 5.91 Å². The normalized spacial score (nSPS) is 12.4. The van der Waals surface area contributed by atoms with E-state index >= 15 is 0 Å². The summed E-state index contributed by atoms with van der Waals surface area (Å²) in [5.41, 5.74) is 6.04. The van der Waals surface area contributed by atoms with Crippen molar-refractivity contribution in [3.8, 4) is 0 Å². The van der Waals surface area contributed by atoms with E-state index in [1.165, 1.54) is 0 Å². The second-order valence-electron chi connectivity index (χ2n) is 3.42. The Hall–Kier alpha value is -1.13. The first-order valence-electron chi connectivity index (χ1n) is 4.69. The molecule has 1 aromatic heterocycles. The fourth-order valence-corrected chi connectivity index (χ4v) is 1.39. The number of rotatable bonds is 5. The lowest BCUT2D eigenvalue weighted by Crippen LogP contribution is -2.30. The van der Waals surface area contributed by atoms with Gasteiger partial charge in [0.15, 0.2) is 0 Å². The second-order valence-corrected chi connectivity index (χ2v) is 3.83. The number of nitrogens with two attached hydrogens (primary N) is 1. The summed E-state index contributed by atoms with van der Waals surface area (Å²) in [4.78, 5) is 14.5. The van der Waals surface area contributed by atoms with Crippen molar-refractivity contribution in [2.45, 2.75) is 25.9 Å². The maximum absolute atomic E-state index is 10.6. The fourth-order valence-electron chi connectivity index (χ4n) is 1.21. The van der Waals surface area contributed by atoms with Crippen LogP contribution in [-0.4, -0.2) is 16.9 Å². The molecule has 5 heteroatoms. The molecule has 0 spiro atoms. The molecule has 0 aromatic carbocycles. The van der Waals surface area contributed by atoms with Gasteiger partial charge in [0.1, 0.15) is 0 Å². The van der Waals surface area contributed by atoms with Gasteiger partial charge in [-0.2, -0.15) is 0 Å². The first-order chi connectivity index (χ1) is 7.09. The van der Waals surface area contributed by atoms with Crippen molar-refractivity contribution in [1.82, 2.24) is 10.3 Å². The molecule has 0 saturated heterocycles. The molecule has 0 radical (unpaired) electrons. The lowest BCUT2D eigenvalue weighted by Gasteiger charge is -2.12. The number of nitrogens with zero attached hydrogens (tertiary/aromatic N) is 1. The Balaban J connectivity index is 2.43. The van der Waals surface area contributed by atoms with Gasteiger partial charge in [-0.1, -0.05) is 11.6 Å². The Labute approximate surface area is 93.8 Å². The van der Waals surface area contributed by atoms with E-state index in [0.717, 1.165) is 5.56 Å². The van der Waals surface area contributed by atoms with Crippen LogP contribution in [0.25, 0.3) is 0 Å². The van der Waals surface area contributed by atoms with E-state index in [4.69, 9.17) is 17.3 Å². The van der Waals surface area contributed by atoms with Gasteiger partial charge in [0.25, 0.3) is 0 Å². The molecule has 0 aliphatic rings. The van der Waals surface area contributed by atoms with Crippen molar-refractivity contribution in [2.75, 3.05) is 0 Å². The molecule has 0 aliphatic carbocycles. The molecule has 0 bridgehead atoms. The van der Waals surface area contributed by atoms with E-state index in [9.17, 15) is 4.79 Å². The third-order valence-electron chi connectivity index (χ3n) is 2.00. The van der Waals surface area contributed by atoms with Crippen molar-refractivity contribution in [2.24, 2.45) is 5.73 Å². The number of carbonyl (C=O) groups is 1. The van der Waals surface area contributed by atoms with Crippen LogP contribution in [0.2, 0.25) is 5.02 Å². The standard InChI is InChI=1S/C10H14ClN3O/c1-7(4-10(12)15)14-5-8-2-3-13-6-9(8)11/h2-3,6-7,14H,4-5H2,1H3,(H2,12,15). The van der Waals surface area contributed by atoms with Gasteiger partial charge in [0, 0.05) is 31.4 Å². The predicted molar refractivity (Wildman–Crippen MR) is 59.4 cm³/mol. The summed E-state index contributed by atoms with van der Waals surface area (Å²) < 4.78 is 0. The average Bonchev–Trinajstić information content (AvgIpc) is 2.15. The Kier molecular flexibility index (Phi) is 4.52. The van der Waals surface area contributed by atoms with Crippen LogP contribution < -0.4 is 11.1 Å². The van der Waals surface area contributed by atoms with Crippen LogP contribution in [0.3, 0.4) is 0 Å². The monoisotopic (exact) mass is 227 g/mol. The fraction of sp³-hybridized carbons (Fsp3) is 0.400. The van der Waals surface area contributed by atoms with Crippen LogP contribution in [0.15, 0.2) is 18.5 Å². The molecular weight excluding hydrogens is 214 g/mol. The number of hydrogen-bond donors (Lipinski definition) is 2. The largest absolute Gasteiger partial charge is 0.370 e. The van der Waals surface area contributed by atoms with E-state index in [1.54, 1.807) is 12.4 Å². The highest BCUT2D eigenvalue weighted by molar-refractivity contribution is 6.31. The van der Waals surface area contributed by atoms with Crippen molar-refractivity contribution in [3.63, 3.8) is 0 Å². The predicted octanol–water partition coefficient (Wildman–Crippen LogP) is 1.09. The highest BCUT2D eigenvalue weighted by atomic mass is 35.5. The molecule has 0 fully saturated rings. The molecular formula is C10H14ClN3O. The zero-order chi connectivity index (χ0) is 11.3. The highest BCUT2D eigenvalue weighted by Gasteiger charge is 2.06. The summed E-state index contributed by atoms with van der Waals surface area (Å²) in [6.45, 7) is 2.51. The third-order valence-corrected chi connectivity index (χ3v) is 2.35. The van der Waals surface area contributed by atoms with Gasteiger partial charge in [0.05, 0.1) is 5.02 Å². The van der Waals surface area contributed by atoms with Crippen LogP contribution in [0.5, 0.6) is 0 Å². The molecule has 1 heterocycles. The highest BCUT2D eigenvalue weighted by Crippen LogP contribution is 2.12. The molecule has 0 aliphatic heterocycles. The minimum Gasteiger partial charge on any atom is -0.370 e. The summed E-state index contributed by atoms with van der Waals surface area (Å²) in [6, 6.07) is 1.89. The van der Waals surface area contributed by atoms with Crippen LogP contribution >= 0.6 is 11.6 Å². The quantitative estimate of drug-likeness (QED) is 0.791. The SMILES string of the molecule is CC(CC(N)=O)NCc1ccncc1Cl. The Morgan fingerprint density at radius 3 is 3.07 bits per heavy atom. The molecule has 15 heavy (non-hydrogen) atoms. The molecule has 82 valence electrons. The van der Waals surface area contributed by atoms with E-state index in [-0.39, 0.29) is 11.9 Å². The molecule has 4 nitrogen and oxygen atoms in total. The number of nitrogens with one attached hydrogen (secondary N) is 1. The Morgan fingerprint density at radius 2 is 2.47 bits per heavy atom. The van der Waals surface area contributed by atoms with Gasteiger partial charge in [-0.3, -0.25) is 9.78 Å². The molecule has 1 amide bonds. The summed E-state index contributed by atoms with van der Waals surface area (Å²) in [5, 5.41) is 3.78. The topological polar surface area (TPSA) is 68.0 Å². The number of aromatic nitrogens is 1. The number of pyridine rings is 1. The molecule has 0 saturated carbocycles. The molecule has 1 aromatic rings. The lowest BCUT2D eigenvalue weighted by molar-refractivity contribution is -0.118. The summed E-state index contributed by atoms with van der Waals surface area (Å²) in [6.07, 6.45) is 3.60. The van der Waals surface area contributed by atoms with Crippen LogP contribution in [0.1, 0.15) is 18.9 Å². The van der Waals surface area contributed by atoms with Gasteiger partial charge >= 0.3 is 0 Å². The van der Waals surface area contributed by atoms with Crippen molar-refractivity contribution < 1.29 is 4.79 Å². The average molecular weight is 228 g/mol. The maximum atomic E-state index is 10.6. The zero-order valence-electron chi connectivity index (χ0n) is 8.53. The first-order valence-corrected chi connectivity index (χ1v) is 5.07. The van der Waals surface area contributed by atoms with E-state index < -0.39 is 0 Å². The molecule has 3 N–H and O–H groups in total. The molecule has 1 rings (SSSR count). The summed E-state index contributed by atoms with van der Waals surface area (Å²) in [5.74, 6) is -0.309. The molecule has 1 atom stereocenters. The van der Waals surface area contributed by atoms with Crippen LogP contribution in [-0.2, 0) is 11.3 Å². The Morgan fingerprint density at radius 1 is 1.73 bits per heavy atom. The number of halogens is 1. The minimum atomic E-state index is -0.309. The summed E-state index contributed by atoms with van der Waals surface area (Å²) >= 11 is 5.92. The van der Waals surface area contributed by atoms with E-state index in [2.05, 4.69) is 10.3 Å². The van der Waals surface area contributed by atoms with Crippen LogP contribution in [0.4, 0.5) is 0 Å². The second kappa shape index (κ2) is 5.68. The van der Waals surface area contributed by atoms with Crippen molar-refractivity contribution >= 4 is 17.5 Å². The number of primary amides is 1. The zero-order valence-corrected chi connectivity index (χ0v) is 9.29. The van der Waals surface area contributed by atoms with Gasteiger partial charge in [-0.25, -0.2) is 0 Å². The van der Waals surface area contributed by atoms with E-state index in [1.807, 2.05) is 13.0 Å². The summed E-state index contributed by atoms with van der Waals surface area (Å²) in [7, 11) is 0. The van der Waals surface area contributed by atoms with Gasteiger partial charge in [-0.05, 0) is 18.6 Å². The van der Waals surface area contributed by atoms with Crippen molar-refractivity contribution in [3.05, 3.63) is 29.0 Å². The smallest absolute Gasteiger partial charge is 0.218 e. The number of carbonyl (C=O) groups excluding carboxylic acids is 1. The Bertz CT molecular complexity index is 343.